The monoisotopic (exact) mass is 158 g/mol. The largest absolute Gasteiger partial charge is 0.157 e. The Morgan fingerprint density at radius 3 is 2.60 bits per heavy atom. The molecule has 0 rings (SSSR count). The molecule has 0 nitrogen and oxygen atoms in total. The maximum Gasteiger partial charge on any atom is 0.0137 e. The normalized spacial score (nSPS) is 13.1. The molecule has 0 fully saturated rings. The SMILES string of the molecule is C=C(C)CSCC(C)CC. The van der Waals surface area contributed by atoms with Crippen molar-refractivity contribution < 1.29 is 0 Å². The van der Waals surface area contributed by atoms with Gasteiger partial charge in [-0.25, -0.2) is 0 Å². The maximum atomic E-state index is 3.86. The molecule has 60 valence electrons. The van der Waals surface area contributed by atoms with Gasteiger partial charge in [0.15, 0.2) is 0 Å². The Morgan fingerprint density at radius 1 is 1.60 bits per heavy atom. The first kappa shape index (κ1) is 10.1. The Morgan fingerprint density at radius 2 is 2.20 bits per heavy atom. The Bertz CT molecular complexity index is 96.9. The van der Waals surface area contributed by atoms with Crippen molar-refractivity contribution in [3.8, 4) is 0 Å². The Balaban J connectivity index is 3.11. The molecule has 0 radical (unpaired) electrons. The second-order valence-electron chi connectivity index (χ2n) is 2.99. The minimum absolute atomic E-state index is 0.865. The summed E-state index contributed by atoms with van der Waals surface area (Å²) < 4.78 is 0. The topological polar surface area (TPSA) is 0 Å². The number of hydrogen-bond donors (Lipinski definition) is 0. The summed E-state index contributed by atoms with van der Waals surface area (Å²) >= 11 is 1.99. The molecule has 0 saturated carbocycles. The zero-order valence-electron chi connectivity index (χ0n) is 7.31. The van der Waals surface area contributed by atoms with E-state index in [4.69, 9.17) is 0 Å². The van der Waals surface area contributed by atoms with E-state index in [0.29, 0.717) is 0 Å². The lowest BCUT2D eigenvalue weighted by molar-refractivity contribution is 0.637. The van der Waals surface area contributed by atoms with E-state index in [1.54, 1.807) is 0 Å². The fourth-order valence-electron chi connectivity index (χ4n) is 0.552. The molecule has 0 amide bonds. The zero-order valence-corrected chi connectivity index (χ0v) is 8.13. The van der Waals surface area contributed by atoms with Gasteiger partial charge in [0, 0.05) is 5.75 Å². The highest BCUT2D eigenvalue weighted by Crippen LogP contribution is 2.12. The Kier molecular flexibility index (Phi) is 5.90. The van der Waals surface area contributed by atoms with Gasteiger partial charge in [0.25, 0.3) is 0 Å². The van der Waals surface area contributed by atoms with Gasteiger partial charge in [0.1, 0.15) is 0 Å². The van der Waals surface area contributed by atoms with E-state index in [1.165, 1.54) is 17.7 Å². The van der Waals surface area contributed by atoms with Crippen molar-refractivity contribution in [1.82, 2.24) is 0 Å². The van der Waals surface area contributed by atoms with Gasteiger partial charge in [-0.2, -0.15) is 11.8 Å². The fraction of sp³-hybridized carbons (Fsp3) is 0.778. The molecule has 1 heteroatoms. The standard InChI is InChI=1S/C9H18S/c1-5-9(4)7-10-6-8(2)3/h9H,2,5-7H2,1,3-4H3. The van der Waals surface area contributed by atoms with E-state index < -0.39 is 0 Å². The third-order valence-electron chi connectivity index (χ3n) is 1.45. The second kappa shape index (κ2) is 5.84. The summed E-state index contributed by atoms with van der Waals surface area (Å²) in [6.07, 6.45) is 1.29. The lowest BCUT2D eigenvalue weighted by Gasteiger charge is -2.06. The quantitative estimate of drug-likeness (QED) is 0.553. The van der Waals surface area contributed by atoms with Gasteiger partial charge < -0.3 is 0 Å². The van der Waals surface area contributed by atoms with Crippen molar-refractivity contribution in [2.24, 2.45) is 5.92 Å². The molecule has 0 saturated heterocycles. The molecular weight excluding hydrogens is 140 g/mol. The van der Waals surface area contributed by atoms with Gasteiger partial charge in [0.05, 0.1) is 0 Å². The highest BCUT2D eigenvalue weighted by molar-refractivity contribution is 7.99. The third-order valence-corrected chi connectivity index (χ3v) is 2.95. The van der Waals surface area contributed by atoms with Gasteiger partial charge in [-0.15, -0.1) is 0 Å². The molecule has 0 aromatic heterocycles. The molecule has 1 unspecified atom stereocenters. The molecule has 1 atom stereocenters. The van der Waals surface area contributed by atoms with Crippen molar-refractivity contribution in [2.75, 3.05) is 11.5 Å². The van der Waals surface area contributed by atoms with Crippen molar-refractivity contribution in [3.63, 3.8) is 0 Å². The molecule has 0 aromatic carbocycles. The first-order chi connectivity index (χ1) is 4.66. The minimum atomic E-state index is 0.865. The van der Waals surface area contributed by atoms with E-state index in [9.17, 15) is 0 Å². The third kappa shape index (κ3) is 6.21. The van der Waals surface area contributed by atoms with Crippen LogP contribution in [0, 0.1) is 5.92 Å². The van der Waals surface area contributed by atoms with E-state index in [-0.39, 0.29) is 0 Å². The van der Waals surface area contributed by atoms with Gasteiger partial charge in [0.2, 0.25) is 0 Å². The molecule has 0 heterocycles. The predicted octanol–water partition coefficient (Wildman–Crippen LogP) is 3.34. The summed E-state index contributed by atoms with van der Waals surface area (Å²) in [4.78, 5) is 0. The molecule has 0 spiro atoms. The van der Waals surface area contributed by atoms with Crippen LogP contribution < -0.4 is 0 Å². The van der Waals surface area contributed by atoms with E-state index >= 15 is 0 Å². The molecule has 0 aliphatic heterocycles. The molecule has 0 aliphatic carbocycles. The average molecular weight is 158 g/mol. The van der Waals surface area contributed by atoms with Crippen LogP contribution in [-0.4, -0.2) is 11.5 Å². The molecule has 10 heavy (non-hydrogen) atoms. The summed E-state index contributed by atoms with van der Waals surface area (Å²) in [5, 5.41) is 0. The average Bonchev–Trinajstić information content (AvgIpc) is 1.87. The van der Waals surface area contributed by atoms with Crippen molar-refractivity contribution >= 4 is 11.8 Å². The number of rotatable bonds is 5. The lowest BCUT2D eigenvalue weighted by Crippen LogP contribution is -1.96. The highest BCUT2D eigenvalue weighted by Gasteiger charge is 1.97. The van der Waals surface area contributed by atoms with Gasteiger partial charge in [-0.3, -0.25) is 0 Å². The Labute approximate surface area is 69.1 Å². The van der Waals surface area contributed by atoms with E-state index in [1.807, 2.05) is 11.8 Å². The van der Waals surface area contributed by atoms with Crippen LogP contribution in [0.5, 0.6) is 0 Å². The smallest absolute Gasteiger partial charge is 0.0137 e. The zero-order chi connectivity index (χ0) is 7.98. The molecule has 0 bridgehead atoms. The summed E-state index contributed by atoms with van der Waals surface area (Å²) in [5.74, 6) is 3.28. The van der Waals surface area contributed by atoms with Gasteiger partial charge in [-0.1, -0.05) is 32.4 Å². The minimum Gasteiger partial charge on any atom is -0.157 e. The highest BCUT2D eigenvalue weighted by atomic mass is 32.2. The summed E-state index contributed by atoms with van der Waals surface area (Å²) in [6.45, 7) is 10.5. The second-order valence-corrected chi connectivity index (χ2v) is 4.02. The molecule has 0 aliphatic rings. The van der Waals surface area contributed by atoms with Gasteiger partial charge >= 0.3 is 0 Å². The molecule has 0 N–H and O–H groups in total. The van der Waals surface area contributed by atoms with E-state index in [2.05, 4.69) is 27.4 Å². The summed E-state index contributed by atoms with van der Waals surface area (Å²) in [5.41, 5.74) is 1.29. The van der Waals surface area contributed by atoms with Crippen LogP contribution >= 0.6 is 11.8 Å². The molecular formula is C9H18S. The van der Waals surface area contributed by atoms with Crippen LogP contribution in [0.15, 0.2) is 12.2 Å². The van der Waals surface area contributed by atoms with E-state index in [0.717, 1.165) is 11.7 Å². The fourth-order valence-corrected chi connectivity index (χ4v) is 1.66. The molecule has 0 aromatic rings. The lowest BCUT2D eigenvalue weighted by atomic mass is 10.2. The summed E-state index contributed by atoms with van der Waals surface area (Å²) in [7, 11) is 0. The van der Waals surface area contributed by atoms with Crippen LogP contribution in [0.1, 0.15) is 27.2 Å². The van der Waals surface area contributed by atoms with Crippen molar-refractivity contribution in [2.45, 2.75) is 27.2 Å². The van der Waals surface area contributed by atoms with Crippen LogP contribution in [0.2, 0.25) is 0 Å². The van der Waals surface area contributed by atoms with Crippen molar-refractivity contribution in [1.29, 1.82) is 0 Å². The first-order valence-electron chi connectivity index (χ1n) is 3.89. The first-order valence-corrected chi connectivity index (χ1v) is 5.04. The van der Waals surface area contributed by atoms with Gasteiger partial charge in [-0.05, 0) is 18.6 Å². The number of hydrogen-bond acceptors (Lipinski definition) is 1. The summed E-state index contributed by atoms with van der Waals surface area (Å²) in [6, 6.07) is 0. The van der Waals surface area contributed by atoms with Crippen LogP contribution in [-0.2, 0) is 0 Å². The predicted molar refractivity (Wildman–Crippen MR) is 51.6 cm³/mol. The maximum absolute atomic E-state index is 3.86. The van der Waals surface area contributed by atoms with Crippen LogP contribution in [0.3, 0.4) is 0 Å². The van der Waals surface area contributed by atoms with Crippen LogP contribution in [0.25, 0.3) is 0 Å². The number of thioether (sulfide) groups is 1. The van der Waals surface area contributed by atoms with Crippen LogP contribution in [0.4, 0.5) is 0 Å². The Hall–Kier alpha value is 0.0900. The van der Waals surface area contributed by atoms with Crippen molar-refractivity contribution in [3.05, 3.63) is 12.2 Å².